The highest BCUT2D eigenvalue weighted by Gasteiger charge is 2.12. The summed E-state index contributed by atoms with van der Waals surface area (Å²) < 4.78 is 6.78. The van der Waals surface area contributed by atoms with Gasteiger partial charge in [-0.05, 0) is 42.5 Å². The number of hydrogen-bond donors (Lipinski definition) is 2. The molecule has 0 atom stereocenters. The van der Waals surface area contributed by atoms with Crippen LogP contribution in [0.2, 0.25) is 5.02 Å². The molecule has 2 heterocycles. The van der Waals surface area contributed by atoms with Crippen LogP contribution in [0.5, 0.6) is 0 Å². The van der Waals surface area contributed by atoms with Crippen LogP contribution in [0.1, 0.15) is 16.1 Å². The first kappa shape index (κ1) is 17.3. The second kappa shape index (κ2) is 7.22. The molecule has 6 nitrogen and oxygen atoms in total. The number of fused-ring (bicyclic) bond motifs is 1. The lowest BCUT2D eigenvalue weighted by Gasteiger charge is -2.01. The van der Waals surface area contributed by atoms with Crippen molar-refractivity contribution in [2.24, 2.45) is 5.10 Å². The Hall–Kier alpha value is -3.16. The number of aromatic nitrogens is 1. The number of benzene rings is 2. The van der Waals surface area contributed by atoms with Crippen LogP contribution >= 0.6 is 22.9 Å². The number of aromatic carboxylic acids is 1. The van der Waals surface area contributed by atoms with E-state index in [9.17, 15) is 4.79 Å². The van der Waals surface area contributed by atoms with E-state index in [1.807, 2.05) is 24.3 Å². The van der Waals surface area contributed by atoms with Crippen LogP contribution in [0.3, 0.4) is 0 Å². The summed E-state index contributed by atoms with van der Waals surface area (Å²) >= 11 is 7.40. The minimum absolute atomic E-state index is 0.0262. The largest absolute Gasteiger partial charge is 0.478 e. The van der Waals surface area contributed by atoms with Gasteiger partial charge in [0.05, 0.1) is 27.0 Å². The summed E-state index contributed by atoms with van der Waals surface area (Å²) in [6.07, 6.45) is 1.53. The number of thiazole rings is 1. The van der Waals surface area contributed by atoms with Crippen LogP contribution in [-0.2, 0) is 0 Å². The van der Waals surface area contributed by atoms with Gasteiger partial charge >= 0.3 is 5.97 Å². The van der Waals surface area contributed by atoms with Crippen molar-refractivity contribution in [3.05, 3.63) is 70.9 Å². The number of anilines is 1. The second-order valence-corrected chi connectivity index (χ2v) is 7.00. The van der Waals surface area contributed by atoms with E-state index in [1.54, 1.807) is 18.2 Å². The minimum Gasteiger partial charge on any atom is -0.478 e. The van der Waals surface area contributed by atoms with Crippen molar-refractivity contribution >= 4 is 50.5 Å². The van der Waals surface area contributed by atoms with Crippen molar-refractivity contribution in [2.75, 3.05) is 5.43 Å². The number of para-hydroxylation sites is 1. The zero-order valence-electron chi connectivity index (χ0n) is 13.7. The highest BCUT2D eigenvalue weighted by molar-refractivity contribution is 7.22. The zero-order chi connectivity index (χ0) is 18.8. The average molecular weight is 398 g/mol. The molecule has 134 valence electrons. The van der Waals surface area contributed by atoms with E-state index in [0.29, 0.717) is 22.2 Å². The Morgan fingerprint density at radius 1 is 1.22 bits per heavy atom. The SMILES string of the molecule is O=C(O)c1cc(-c2ccc(/C=N\Nc3nc4ccccc4s3)o2)ccc1Cl. The van der Waals surface area contributed by atoms with Crippen LogP contribution in [-0.4, -0.2) is 22.3 Å². The molecular formula is C19H12ClN3O3S. The third-order valence-corrected chi connectivity index (χ3v) is 5.02. The van der Waals surface area contributed by atoms with E-state index < -0.39 is 5.97 Å². The fourth-order valence-electron chi connectivity index (χ4n) is 2.49. The van der Waals surface area contributed by atoms with Gasteiger partial charge in [0.2, 0.25) is 5.13 Å². The van der Waals surface area contributed by atoms with Crippen molar-refractivity contribution in [3.8, 4) is 11.3 Å². The number of rotatable bonds is 5. The third-order valence-electron chi connectivity index (χ3n) is 3.75. The Kier molecular flexibility index (Phi) is 4.62. The van der Waals surface area contributed by atoms with Crippen molar-refractivity contribution < 1.29 is 14.3 Å². The summed E-state index contributed by atoms with van der Waals surface area (Å²) in [7, 11) is 0. The molecule has 2 N–H and O–H groups in total. The normalized spacial score (nSPS) is 11.3. The van der Waals surface area contributed by atoms with Gasteiger partial charge in [-0.3, -0.25) is 5.43 Å². The predicted molar refractivity (Wildman–Crippen MR) is 107 cm³/mol. The van der Waals surface area contributed by atoms with E-state index in [1.165, 1.54) is 29.7 Å². The highest BCUT2D eigenvalue weighted by atomic mass is 35.5. The Balaban J connectivity index is 1.50. The molecule has 0 fully saturated rings. The Morgan fingerprint density at radius 2 is 2.07 bits per heavy atom. The van der Waals surface area contributed by atoms with Crippen LogP contribution in [0.4, 0.5) is 5.13 Å². The molecule has 0 radical (unpaired) electrons. The number of nitrogens with zero attached hydrogens (tertiary/aromatic N) is 2. The second-order valence-electron chi connectivity index (χ2n) is 5.56. The lowest BCUT2D eigenvalue weighted by Crippen LogP contribution is -1.97. The quantitative estimate of drug-likeness (QED) is 0.350. The Morgan fingerprint density at radius 3 is 2.89 bits per heavy atom. The number of nitrogens with one attached hydrogen (secondary N) is 1. The molecule has 4 aromatic rings. The predicted octanol–water partition coefficient (Wildman–Crippen LogP) is 5.35. The maximum Gasteiger partial charge on any atom is 0.337 e. The number of furan rings is 1. The van der Waals surface area contributed by atoms with E-state index in [-0.39, 0.29) is 10.6 Å². The van der Waals surface area contributed by atoms with Crippen LogP contribution in [0.25, 0.3) is 21.5 Å². The lowest BCUT2D eigenvalue weighted by molar-refractivity contribution is 0.0697. The molecule has 0 amide bonds. The molecule has 0 bridgehead atoms. The molecule has 0 aliphatic carbocycles. The van der Waals surface area contributed by atoms with Gasteiger partial charge in [0, 0.05) is 5.56 Å². The van der Waals surface area contributed by atoms with Gasteiger partial charge in [0.1, 0.15) is 11.5 Å². The summed E-state index contributed by atoms with van der Waals surface area (Å²) in [4.78, 5) is 15.6. The van der Waals surface area contributed by atoms with Gasteiger partial charge in [-0.15, -0.1) is 0 Å². The molecule has 0 unspecified atom stereocenters. The van der Waals surface area contributed by atoms with Crippen molar-refractivity contribution in [2.45, 2.75) is 0 Å². The third kappa shape index (κ3) is 3.69. The van der Waals surface area contributed by atoms with Gasteiger partial charge in [0.25, 0.3) is 0 Å². The first-order valence-electron chi connectivity index (χ1n) is 7.88. The molecule has 0 aliphatic rings. The van der Waals surface area contributed by atoms with Crippen molar-refractivity contribution in [3.63, 3.8) is 0 Å². The maximum absolute atomic E-state index is 11.2. The summed E-state index contributed by atoms with van der Waals surface area (Å²) in [5.41, 5.74) is 4.45. The Bertz CT molecular complexity index is 1130. The van der Waals surface area contributed by atoms with E-state index >= 15 is 0 Å². The van der Waals surface area contributed by atoms with Gasteiger partial charge in [-0.25, -0.2) is 9.78 Å². The number of hydrazone groups is 1. The molecule has 0 aliphatic heterocycles. The number of halogens is 1. The number of hydrogen-bond acceptors (Lipinski definition) is 6. The fourth-order valence-corrected chi connectivity index (χ4v) is 3.50. The number of carbonyl (C=O) groups is 1. The van der Waals surface area contributed by atoms with Crippen LogP contribution < -0.4 is 5.43 Å². The molecular weight excluding hydrogens is 386 g/mol. The highest BCUT2D eigenvalue weighted by Crippen LogP contribution is 2.27. The minimum atomic E-state index is -1.09. The van der Waals surface area contributed by atoms with Gasteiger partial charge in [0.15, 0.2) is 0 Å². The summed E-state index contributed by atoms with van der Waals surface area (Å²) in [5.74, 6) is -0.0451. The summed E-state index contributed by atoms with van der Waals surface area (Å²) in [6.45, 7) is 0. The Labute approximate surface area is 162 Å². The number of carboxylic acids is 1. The molecule has 0 saturated heterocycles. The average Bonchev–Trinajstić information content (AvgIpc) is 3.28. The molecule has 2 aromatic heterocycles. The van der Waals surface area contributed by atoms with E-state index in [0.717, 1.165) is 10.2 Å². The van der Waals surface area contributed by atoms with Gasteiger partial charge in [-0.2, -0.15) is 5.10 Å². The lowest BCUT2D eigenvalue weighted by atomic mass is 10.1. The first-order valence-corrected chi connectivity index (χ1v) is 9.07. The summed E-state index contributed by atoms with van der Waals surface area (Å²) in [5, 5.41) is 14.2. The van der Waals surface area contributed by atoms with Gasteiger partial charge in [-0.1, -0.05) is 35.1 Å². The standard InChI is InChI=1S/C19H12ClN3O3S/c20-14-7-5-11(9-13(14)18(24)25)16-8-6-12(26-16)10-21-23-19-22-15-3-1-2-4-17(15)27-19/h1-10H,(H,22,23)(H,24,25)/b21-10-. The topological polar surface area (TPSA) is 87.7 Å². The van der Waals surface area contributed by atoms with Crippen molar-refractivity contribution in [1.29, 1.82) is 0 Å². The van der Waals surface area contributed by atoms with Gasteiger partial charge < -0.3 is 9.52 Å². The fraction of sp³-hybridized carbons (Fsp3) is 0. The smallest absolute Gasteiger partial charge is 0.337 e. The van der Waals surface area contributed by atoms with Crippen LogP contribution in [0, 0.1) is 0 Å². The van der Waals surface area contributed by atoms with E-state index in [2.05, 4.69) is 15.5 Å². The molecule has 27 heavy (non-hydrogen) atoms. The summed E-state index contributed by atoms with van der Waals surface area (Å²) in [6, 6.07) is 16.0. The molecule has 0 spiro atoms. The zero-order valence-corrected chi connectivity index (χ0v) is 15.3. The maximum atomic E-state index is 11.2. The molecule has 8 heteroatoms. The monoisotopic (exact) mass is 397 g/mol. The number of carboxylic acid groups (broad SMARTS) is 1. The van der Waals surface area contributed by atoms with Crippen LogP contribution in [0.15, 0.2) is 64.1 Å². The first-order chi connectivity index (χ1) is 13.1. The molecule has 4 rings (SSSR count). The van der Waals surface area contributed by atoms with E-state index in [4.69, 9.17) is 21.1 Å². The molecule has 0 saturated carbocycles. The molecule has 2 aromatic carbocycles. The van der Waals surface area contributed by atoms with Crippen molar-refractivity contribution in [1.82, 2.24) is 4.98 Å².